The minimum atomic E-state index is -0.235. The van der Waals surface area contributed by atoms with Gasteiger partial charge in [-0.2, -0.15) is 0 Å². The third kappa shape index (κ3) is 5.99. The number of amides is 1. The van der Waals surface area contributed by atoms with Gasteiger partial charge in [0.25, 0.3) is 5.91 Å². The summed E-state index contributed by atoms with van der Waals surface area (Å²) in [7, 11) is 0. The number of hydrogen-bond acceptors (Lipinski definition) is 5. The number of ether oxygens (including phenoxy) is 2. The first-order valence-corrected chi connectivity index (χ1v) is 11.0. The first kappa shape index (κ1) is 22.1. The summed E-state index contributed by atoms with van der Waals surface area (Å²) in [6, 6.07) is 17.8. The van der Waals surface area contributed by atoms with Gasteiger partial charge in [0.05, 0.1) is 13.2 Å². The Morgan fingerprint density at radius 1 is 1.03 bits per heavy atom. The van der Waals surface area contributed by atoms with Crippen LogP contribution < -0.4 is 10.1 Å². The molecule has 6 heteroatoms. The minimum absolute atomic E-state index is 0.235. The molecule has 168 valence electrons. The van der Waals surface area contributed by atoms with Crippen molar-refractivity contribution < 1.29 is 18.7 Å². The molecule has 0 atom stereocenters. The first-order chi connectivity index (χ1) is 15.6. The Labute approximate surface area is 189 Å². The maximum absolute atomic E-state index is 12.5. The van der Waals surface area contributed by atoms with Crippen molar-refractivity contribution >= 4 is 5.91 Å². The van der Waals surface area contributed by atoms with Crippen LogP contribution in [0, 0.1) is 13.8 Å². The van der Waals surface area contributed by atoms with Gasteiger partial charge in [-0.3, -0.25) is 9.69 Å². The molecule has 4 rings (SSSR count). The second-order valence-electron chi connectivity index (χ2n) is 8.21. The summed E-state index contributed by atoms with van der Waals surface area (Å²) in [5, 5.41) is 2.94. The summed E-state index contributed by atoms with van der Waals surface area (Å²) in [6.07, 6.45) is 0. The topological polar surface area (TPSA) is 63.9 Å². The molecule has 0 aliphatic carbocycles. The minimum Gasteiger partial charge on any atom is -0.485 e. The van der Waals surface area contributed by atoms with Gasteiger partial charge >= 0.3 is 0 Å². The van der Waals surface area contributed by atoms with Gasteiger partial charge < -0.3 is 19.2 Å². The highest BCUT2D eigenvalue weighted by atomic mass is 16.5. The van der Waals surface area contributed by atoms with Crippen LogP contribution in [-0.2, 0) is 24.4 Å². The highest BCUT2D eigenvalue weighted by Gasteiger charge is 2.13. The van der Waals surface area contributed by atoms with E-state index in [1.165, 1.54) is 11.1 Å². The molecule has 3 aromatic rings. The molecule has 0 unspecified atom stereocenters. The Balaban J connectivity index is 1.28. The van der Waals surface area contributed by atoms with E-state index in [0.29, 0.717) is 12.3 Å². The van der Waals surface area contributed by atoms with E-state index in [9.17, 15) is 4.79 Å². The lowest BCUT2D eigenvalue weighted by Gasteiger charge is -2.26. The lowest BCUT2D eigenvalue weighted by molar-refractivity contribution is 0.0342. The normalized spacial score (nSPS) is 14.3. The van der Waals surface area contributed by atoms with Crippen molar-refractivity contribution in [3.05, 3.63) is 88.4 Å². The average molecular weight is 435 g/mol. The van der Waals surface area contributed by atoms with Crippen LogP contribution in [0.15, 0.2) is 59.0 Å². The Hall–Kier alpha value is -3.09. The zero-order valence-electron chi connectivity index (χ0n) is 18.7. The van der Waals surface area contributed by atoms with Crippen molar-refractivity contribution in [3.8, 4) is 5.75 Å². The standard InChI is InChI=1S/C26H30N2O4/c1-19-6-8-24(20(2)14-19)31-18-23-7-9-25(32-23)26(29)27-16-21-4-3-5-22(15-21)17-28-10-12-30-13-11-28/h3-9,14-15H,10-13,16-18H2,1-2H3,(H,27,29). The monoisotopic (exact) mass is 434 g/mol. The van der Waals surface area contributed by atoms with Gasteiger partial charge in [-0.05, 0) is 48.7 Å². The van der Waals surface area contributed by atoms with Gasteiger partial charge in [-0.15, -0.1) is 0 Å². The van der Waals surface area contributed by atoms with Crippen LogP contribution in [0.2, 0.25) is 0 Å². The first-order valence-electron chi connectivity index (χ1n) is 11.0. The molecule has 32 heavy (non-hydrogen) atoms. The Morgan fingerprint density at radius 3 is 2.66 bits per heavy atom. The fourth-order valence-electron chi connectivity index (χ4n) is 3.81. The number of carbonyl (C=O) groups is 1. The molecular formula is C26H30N2O4. The predicted molar refractivity (Wildman–Crippen MR) is 123 cm³/mol. The second-order valence-corrected chi connectivity index (χ2v) is 8.21. The van der Waals surface area contributed by atoms with Crippen LogP contribution in [0.5, 0.6) is 5.75 Å². The highest BCUT2D eigenvalue weighted by Crippen LogP contribution is 2.20. The van der Waals surface area contributed by atoms with Crippen LogP contribution >= 0.6 is 0 Å². The van der Waals surface area contributed by atoms with E-state index in [0.717, 1.165) is 49.7 Å². The van der Waals surface area contributed by atoms with Gasteiger partial charge in [0.2, 0.25) is 0 Å². The summed E-state index contributed by atoms with van der Waals surface area (Å²) in [6.45, 7) is 9.17. The molecule has 0 radical (unpaired) electrons. The van der Waals surface area contributed by atoms with Crippen LogP contribution in [0.1, 0.15) is 38.6 Å². The molecule has 6 nitrogen and oxygen atoms in total. The van der Waals surface area contributed by atoms with Crippen LogP contribution in [0.3, 0.4) is 0 Å². The SMILES string of the molecule is Cc1ccc(OCc2ccc(C(=O)NCc3cccc(CN4CCOCC4)c3)o2)c(C)c1. The van der Waals surface area contributed by atoms with Crippen molar-refractivity contribution in [2.75, 3.05) is 26.3 Å². The molecule has 1 saturated heterocycles. The van der Waals surface area contributed by atoms with Gasteiger partial charge in [0, 0.05) is 26.2 Å². The zero-order chi connectivity index (χ0) is 22.3. The highest BCUT2D eigenvalue weighted by molar-refractivity contribution is 5.91. The van der Waals surface area contributed by atoms with Crippen molar-refractivity contribution in [3.63, 3.8) is 0 Å². The number of nitrogens with one attached hydrogen (secondary N) is 1. The summed E-state index contributed by atoms with van der Waals surface area (Å²) in [5.41, 5.74) is 4.57. The summed E-state index contributed by atoms with van der Waals surface area (Å²) >= 11 is 0. The predicted octanol–water partition coefficient (Wildman–Crippen LogP) is 4.24. The molecule has 1 fully saturated rings. The largest absolute Gasteiger partial charge is 0.485 e. The fraction of sp³-hybridized carbons (Fsp3) is 0.346. The van der Waals surface area contributed by atoms with E-state index < -0.39 is 0 Å². The van der Waals surface area contributed by atoms with Gasteiger partial charge in [-0.1, -0.05) is 42.0 Å². The Kier molecular flexibility index (Phi) is 7.24. The summed E-state index contributed by atoms with van der Waals surface area (Å²) in [5.74, 6) is 1.48. The molecule has 1 aliphatic heterocycles. The van der Waals surface area contributed by atoms with Crippen LogP contribution in [0.25, 0.3) is 0 Å². The van der Waals surface area contributed by atoms with Crippen molar-refractivity contribution in [2.24, 2.45) is 0 Å². The van der Waals surface area contributed by atoms with Crippen molar-refractivity contribution in [1.29, 1.82) is 0 Å². The fourth-order valence-corrected chi connectivity index (χ4v) is 3.81. The number of nitrogens with zero attached hydrogens (tertiary/aromatic N) is 1. The van der Waals surface area contributed by atoms with Crippen LogP contribution in [0.4, 0.5) is 0 Å². The van der Waals surface area contributed by atoms with Gasteiger partial charge in [0.1, 0.15) is 18.1 Å². The maximum Gasteiger partial charge on any atom is 0.287 e. The lowest BCUT2D eigenvalue weighted by atomic mass is 10.1. The van der Waals surface area contributed by atoms with Gasteiger partial charge in [0.15, 0.2) is 5.76 Å². The average Bonchev–Trinajstić information content (AvgIpc) is 3.27. The van der Waals surface area contributed by atoms with Crippen molar-refractivity contribution in [1.82, 2.24) is 10.2 Å². The molecule has 0 saturated carbocycles. The smallest absolute Gasteiger partial charge is 0.287 e. The Morgan fingerprint density at radius 2 is 1.84 bits per heavy atom. The van der Waals surface area contributed by atoms with Crippen LogP contribution in [-0.4, -0.2) is 37.1 Å². The van der Waals surface area contributed by atoms with E-state index in [1.54, 1.807) is 12.1 Å². The molecule has 1 N–H and O–H groups in total. The molecule has 1 amide bonds. The molecule has 2 aromatic carbocycles. The number of morpholine rings is 1. The van der Waals surface area contributed by atoms with E-state index in [-0.39, 0.29) is 18.3 Å². The van der Waals surface area contributed by atoms with E-state index in [1.807, 2.05) is 31.2 Å². The number of furan rings is 1. The van der Waals surface area contributed by atoms with E-state index in [4.69, 9.17) is 13.9 Å². The quantitative estimate of drug-likeness (QED) is 0.575. The third-order valence-electron chi connectivity index (χ3n) is 5.54. The summed E-state index contributed by atoms with van der Waals surface area (Å²) < 4.78 is 16.9. The molecule has 0 spiro atoms. The maximum atomic E-state index is 12.5. The molecule has 1 aromatic heterocycles. The number of benzene rings is 2. The molecular weight excluding hydrogens is 404 g/mol. The number of carbonyl (C=O) groups excluding carboxylic acids is 1. The molecule has 2 heterocycles. The van der Waals surface area contributed by atoms with E-state index >= 15 is 0 Å². The number of hydrogen-bond donors (Lipinski definition) is 1. The lowest BCUT2D eigenvalue weighted by Crippen LogP contribution is -2.35. The zero-order valence-corrected chi connectivity index (χ0v) is 18.7. The van der Waals surface area contributed by atoms with E-state index in [2.05, 4.69) is 35.3 Å². The second kappa shape index (κ2) is 10.5. The molecule has 0 bridgehead atoms. The molecule has 1 aliphatic rings. The van der Waals surface area contributed by atoms with Crippen molar-refractivity contribution in [2.45, 2.75) is 33.5 Å². The van der Waals surface area contributed by atoms with Gasteiger partial charge in [-0.25, -0.2) is 0 Å². The summed E-state index contributed by atoms with van der Waals surface area (Å²) in [4.78, 5) is 14.9. The number of rotatable bonds is 8. The Bertz CT molecular complexity index is 1050. The third-order valence-corrected chi connectivity index (χ3v) is 5.54. The number of aryl methyl sites for hydroxylation is 2.